The predicted octanol–water partition coefficient (Wildman–Crippen LogP) is 1.20. The van der Waals surface area contributed by atoms with E-state index < -0.39 is 55.6 Å². The number of carboxylic acids is 4. The molecule has 0 aromatic rings. The highest BCUT2D eigenvalue weighted by Crippen LogP contribution is 2.41. The Morgan fingerprint density at radius 3 is 1.28 bits per heavy atom. The van der Waals surface area contributed by atoms with Crippen LogP contribution in [0, 0.1) is 11.8 Å². The van der Waals surface area contributed by atoms with Crippen molar-refractivity contribution in [2.45, 2.75) is 155 Å². The summed E-state index contributed by atoms with van der Waals surface area (Å²) >= 11 is 0. The van der Waals surface area contributed by atoms with Crippen LogP contribution in [0.4, 0.5) is 0 Å². The van der Waals surface area contributed by atoms with Crippen molar-refractivity contribution in [3.05, 3.63) is 0 Å². The molecule has 13 heteroatoms. The lowest BCUT2D eigenvalue weighted by molar-refractivity contribution is -0.315. The summed E-state index contributed by atoms with van der Waals surface area (Å²) in [4.78, 5) is 68.0. The molecule has 0 aromatic carbocycles. The van der Waals surface area contributed by atoms with Crippen LogP contribution in [0.15, 0.2) is 0 Å². The lowest BCUT2D eigenvalue weighted by atomic mass is 9.69. The highest BCUT2D eigenvalue weighted by molar-refractivity contribution is 5.79. The van der Waals surface area contributed by atoms with Crippen LogP contribution < -0.4 is 20.4 Å². The van der Waals surface area contributed by atoms with Gasteiger partial charge in [-0.25, -0.2) is 0 Å². The van der Waals surface area contributed by atoms with Crippen molar-refractivity contribution in [1.82, 2.24) is 19.6 Å². The third kappa shape index (κ3) is 18.7. The van der Waals surface area contributed by atoms with Crippen LogP contribution in [0.25, 0.3) is 0 Å². The van der Waals surface area contributed by atoms with Gasteiger partial charge in [0.25, 0.3) is 0 Å². The summed E-state index contributed by atoms with van der Waals surface area (Å²) in [6.45, 7) is 3.57. The molecule has 0 radical (unpaired) electrons. The van der Waals surface area contributed by atoms with Gasteiger partial charge in [0, 0.05) is 76.9 Å². The summed E-state index contributed by atoms with van der Waals surface area (Å²) in [5.74, 6) is -6.25. The Bertz CT molecular complexity index is 1040. The van der Waals surface area contributed by atoms with Gasteiger partial charge in [0.2, 0.25) is 5.91 Å². The number of hydrogen-bond donors (Lipinski definition) is 0. The smallest absolute Gasteiger partial charge is 0.225 e. The Hall–Kier alpha value is -2.77. The molecule has 0 spiro atoms. The van der Waals surface area contributed by atoms with Crippen molar-refractivity contribution in [2.24, 2.45) is 11.8 Å². The van der Waals surface area contributed by atoms with Gasteiger partial charge in [-0.05, 0) is 44.4 Å². The first-order valence-electron chi connectivity index (χ1n) is 20.7. The van der Waals surface area contributed by atoms with Crippen LogP contribution in [0.3, 0.4) is 0 Å². The zero-order chi connectivity index (χ0) is 39.1. The molecule has 1 aliphatic heterocycles. The maximum atomic E-state index is 14.1. The Morgan fingerprint density at radius 2 is 0.926 bits per heavy atom. The van der Waals surface area contributed by atoms with E-state index in [2.05, 4.69) is 13.8 Å². The molecule has 0 bridgehead atoms. The summed E-state index contributed by atoms with van der Waals surface area (Å²) in [6.07, 6.45) is 20.8. The third-order valence-corrected chi connectivity index (χ3v) is 11.4. The molecule has 1 aliphatic carbocycles. The topological polar surface area (TPSA) is 191 Å². The van der Waals surface area contributed by atoms with Gasteiger partial charge in [0.15, 0.2) is 0 Å². The van der Waals surface area contributed by atoms with E-state index in [4.69, 9.17) is 0 Å². The van der Waals surface area contributed by atoms with Gasteiger partial charge in [0.05, 0.1) is 23.9 Å². The fourth-order valence-electron chi connectivity index (χ4n) is 8.64. The number of unbranched alkanes of at least 4 members (excludes halogenated alkanes) is 14. The molecule has 0 aromatic heterocycles. The van der Waals surface area contributed by atoms with E-state index in [0.29, 0.717) is 25.7 Å². The van der Waals surface area contributed by atoms with E-state index >= 15 is 0 Å². The Labute approximate surface area is 325 Å². The number of carbonyl (C=O) groups excluding carboxylic acids is 5. The summed E-state index contributed by atoms with van der Waals surface area (Å²) < 4.78 is 0. The van der Waals surface area contributed by atoms with Crippen LogP contribution in [-0.2, 0) is 24.0 Å². The van der Waals surface area contributed by atoms with E-state index in [0.717, 1.165) is 51.6 Å². The standard InChI is InChI=1S/C40H72N4O9.CH4/c1-3-5-7-9-11-13-15-17-23-43(24-18-16-14-12-10-8-6-4-2)39(53)33-19-21-34(22-20-33)40(44(29-37(49)50)30-38(51)52)31-41(27-35(45)46)25-26-42(32-40)28-36(47)48;/h33-34H,3-32H2,1-2H3,(H,45,46)(H,47,48)(H,49,50)(H,51,52);1H4/p-4. The number of aliphatic carboxylic acids is 4. The van der Waals surface area contributed by atoms with Crippen LogP contribution in [-0.4, -0.2) is 120 Å². The highest BCUT2D eigenvalue weighted by atomic mass is 16.4. The van der Waals surface area contributed by atoms with Crippen molar-refractivity contribution in [3.8, 4) is 0 Å². The monoisotopic (exact) mass is 765 g/mol. The molecule has 0 atom stereocenters. The second-order valence-electron chi connectivity index (χ2n) is 15.7. The van der Waals surface area contributed by atoms with E-state index in [1.165, 1.54) is 69.1 Å². The molecule has 1 amide bonds. The molecule has 0 N–H and O–H groups in total. The van der Waals surface area contributed by atoms with E-state index in [1.807, 2.05) is 4.90 Å². The maximum Gasteiger partial charge on any atom is 0.225 e. The minimum atomic E-state index is -1.52. The molecule has 2 rings (SSSR count). The van der Waals surface area contributed by atoms with Gasteiger partial charge in [-0.3, -0.25) is 19.5 Å². The average Bonchev–Trinajstić information content (AvgIpc) is 3.27. The Morgan fingerprint density at radius 1 is 0.556 bits per heavy atom. The maximum absolute atomic E-state index is 14.1. The first-order valence-corrected chi connectivity index (χ1v) is 20.7. The second-order valence-corrected chi connectivity index (χ2v) is 15.7. The minimum Gasteiger partial charge on any atom is -0.549 e. The number of amides is 1. The fraction of sp³-hybridized carbons (Fsp3) is 0.878. The van der Waals surface area contributed by atoms with E-state index in [-0.39, 0.29) is 51.3 Å². The van der Waals surface area contributed by atoms with Gasteiger partial charge >= 0.3 is 0 Å². The van der Waals surface area contributed by atoms with Crippen molar-refractivity contribution in [1.29, 1.82) is 0 Å². The van der Waals surface area contributed by atoms with Crippen molar-refractivity contribution in [3.63, 3.8) is 0 Å². The third-order valence-electron chi connectivity index (χ3n) is 11.4. The Kier molecular flexibility index (Phi) is 25.3. The first kappa shape index (κ1) is 49.2. The van der Waals surface area contributed by atoms with E-state index in [9.17, 15) is 44.4 Å². The first-order chi connectivity index (χ1) is 25.4. The quantitative estimate of drug-likeness (QED) is 0.0992. The zero-order valence-electron chi connectivity index (χ0n) is 32.8. The van der Waals surface area contributed by atoms with Gasteiger partial charge in [0.1, 0.15) is 0 Å². The molecule has 314 valence electrons. The van der Waals surface area contributed by atoms with Crippen LogP contribution in [0.2, 0.25) is 0 Å². The Balaban J connectivity index is 0.0000146. The molecule has 13 nitrogen and oxygen atoms in total. The highest BCUT2D eigenvalue weighted by Gasteiger charge is 2.49. The molecule has 1 heterocycles. The number of carbonyl (C=O) groups is 5. The van der Waals surface area contributed by atoms with Crippen molar-refractivity contribution in [2.75, 3.05) is 65.4 Å². The van der Waals surface area contributed by atoms with Gasteiger partial charge in [-0.1, -0.05) is 111 Å². The molecular formula is C41H72N4O9-4. The molecule has 2 fully saturated rings. The number of carboxylic acid groups (broad SMARTS) is 4. The molecular weight excluding hydrogens is 692 g/mol. The predicted molar refractivity (Wildman–Crippen MR) is 201 cm³/mol. The lowest BCUT2D eigenvalue weighted by Crippen LogP contribution is -2.67. The fourth-order valence-corrected chi connectivity index (χ4v) is 8.64. The molecule has 0 unspecified atom stereocenters. The lowest BCUT2D eigenvalue weighted by Gasteiger charge is -2.53. The molecule has 2 aliphatic rings. The largest absolute Gasteiger partial charge is 0.549 e. The zero-order valence-corrected chi connectivity index (χ0v) is 32.8. The van der Waals surface area contributed by atoms with Gasteiger partial charge < -0.3 is 44.5 Å². The van der Waals surface area contributed by atoms with E-state index in [1.54, 1.807) is 9.80 Å². The number of nitrogens with zero attached hydrogens (tertiary/aromatic N) is 4. The second kappa shape index (κ2) is 27.8. The number of rotatable bonds is 29. The summed E-state index contributed by atoms with van der Waals surface area (Å²) in [5.41, 5.74) is -1.29. The summed E-state index contributed by atoms with van der Waals surface area (Å²) in [6, 6.07) is 0. The normalized spacial score (nSPS) is 19.2. The summed E-state index contributed by atoms with van der Waals surface area (Å²) in [5, 5.41) is 47.5. The van der Waals surface area contributed by atoms with Crippen LogP contribution in [0.1, 0.15) is 150 Å². The average molecular weight is 765 g/mol. The SMILES string of the molecule is C.CCCCCCCCCCN(CCCCCCCCCC)C(=O)C1CCC(C2(N(CC(=O)[O-])CC(=O)[O-])CN(CC(=O)[O-])CCN(CC(=O)[O-])C2)CC1. The molecule has 1 saturated heterocycles. The summed E-state index contributed by atoms with van der Waals surface area (Å²) in [7, 11) is 0. The van der Waals surface area contributed by atoms with Crippen molar-refractivity contribution >= 4 is 29.8 Å². The number of hydrogen-bond acceptors (Lipinski definition) is 12. The van der Waals surface area contributed by atoms with Gasteiger partial charge in [-0.15, -0.1) is 0 Å². The minimum absolute atomic E-state index is 0. The molecule has 1 saturated carbocycles. The van der Waals surface area contributed by atoms with Crippen molar-refractivity contribution < 1.29 is 44.4 Å². The van der Waals surface area contributed by atoms with Crippen LogP contribution >= 0.6 is 0 Å². The van der Waals surface area contributed by atoms with Gasteiger partial charge in [-0.2, -0.15) is 0 Å². The van der Waals surface area contributed by atoms with Crippen LogP contribution in [0.5, 0.6) is 0 Å². The molecule has 54 heavy (non-hydrogen) atoms.